The molecule has 0 bridgehead atoms. The molecular formula is C14H18FNO4S. The Labute approximate surface area is 123 Å². The van der Waals surface area contributed by atoms with Crippen molar-refractivity contribution in [1.29, 1.82) is 0 Å². The van der Waals surface area contributed by atoms with E-state index < -0.39 is 9.84 Å². The van der Waals surface area contributed by atoms with Crippen molar-refractivity contribution in [2.45, 2.75) is 12.8 Å². The van der Waals surface area contributed by atoms with Gasteiger partial charge in [0.1, 0.15) is 11.6 Å². The highest BCUT2D eigenvalue weighted by molar-refractivity contribution is 7.91. The average molecular weight is 315 g/mol. The van der Waals surface area contributed by atoms with Gasteiger partial charge in [0.15, 0.2) is 9.84 Å². The number of sulfone groups is 1. The van der Waals surface area contributed by atoms with Crippen molar-refractivity contribution in [1.82, 2.24) is 5.32 Å². The molecule has 1 atom stereocenters. The Balaban J connectivity index is 1.64. The van der Waals surface area contributed by atoms with Crippen molar-refractivity contribution in [2.75, 3.05) is 24.7 Å². The van der Waals surface area contributed by atoms with Gasteiger partial charge in [-0.15, -0.1) is 0 Å². The molecule has 5 nitrogen and oxygen atoms in total. The summed E-state index contributed by atoms with van der Waals surface area (Å²) in [5, 5.41) is 2.70. The first-order valence-electron chi connectivity index (χ1n) is 6.80. The number of hydrogen-bond donors (Lipinski definition) is 1. The Hall–Kier alpha value is -1.63. The molecule has 2 rings (SSSR count). The molecule has 1 aromatic rings. The third-order valence-electron chi connectivity index (χ3n) is 3.31. The average Bonchev–Trinajstić information content (AvgIpc) is 2.76. The van der Waals surface area contributed by atoms with Crippen LogP contribution in [0.25, 0.3) is 0 Å². The van der Waals surface area contributed by atoms with Crippen molar-refractivity contribution in [3.63, 3.8) is 0 Å². The van der Waals surface area contributed by atoms with Crippen LogP contribution in [-0.2, 0) is 14.6 Å². The third-order valence-corrected chi connectivity index (χ3v) is 5.15. The third kappa shape index (κ3) is 5.34. The highest BCUT2D eigenvalue weighted by Crippen LogP contribution is 2.17. The molecule has 1 fully saturated rings. The minimum atomic E-state index is -2.91. The molecule has 1 amide bonds. The summed E-state index contributed by atoms with van der Waals surface area (Å²) in [5.41, 5.74) is 0. The fourth-order valence-corrected chi connectivity index (χ4v) is 4.06. The topological polar surface area (TPSA) is 72.5 Å². The van der Waals surface area contributed by atoms with E-state index in [9.17, 15) is 17.6 Å². The van der Waals surface area contributed by atoms with Crippen LogP contribution in [0.5, 0.6) is 5.75 Å². The number of ether oxygens (including phenoxy) is 1. The van der Waals surface area contributed by atoms with Crippen LogP contribution >= 0.6 is 0 Å². The van der Waals surface area contributed by atoms with Gasteiger partial charge >= 0.3 is 0 Å². The minimum Gasteiger partial charge on any atom is -0.493 e. The maximum Gasteiger partial charge on any atom is 0.223 e. The van der Waals surface area contributed by atoms with E-state index in [2.05, 4.69) is 5.32 Å². The lowest BCUT2D eigenvalue weighted by Crippen LogP contribution is -2.30. The molecule has 1 N–H and O–H groups in total. The van der Waals surface area contributed by atoms with Gasteiger partial charge in [0.25, 0.3) is 0 Å². The standard InChI is InChI=1S/C14H18FNO4S/c15-12-2-1-3-13(8-12)20-6-4-14(17)16-9-11-5-7-21(18,19)10-11/h1-3,8,11H,4-7,9-10H2,(H,16,17)/t11-/m1/s1. The molecule has 116 valence electrons. The van der Waals surface area contributed by atoms with E-state index in [1.165, 1.54) is 18.2 Å². The summed E-state index contributed by atoms with van der Waals surface area (Å²) < 4.78 is 40.7. The number of carbonyl (C=O) groups is 1. The quantitative estimate of drug-likeness (QED) is 0.854. The van der Waals surface area contributed by atoms with Gasteiger partial charge in [0.2, 0.25) is 5.91 Å². The van der Waals surface area contributed by atoms with Gasteiger partial charge < -0.3 is 10.1 Å². The summed E-state index contributed by atoms with van der Waals surface area (Å²) in [6, 6.07) is 5.71. The molecule has 1 saturated heterocycles. The van der Waals surface area contributed by atoms with Crippen LogP contribution in [0.15, 0.2) is 24.3 Å². The van der Waals surface area contributed by atoms with Gasteiger partial charge in [-0.05, 0) is 24.5 Å². The first-order chi connectivity index (χ1) is 9.94. The van der Waals surface area contributed by atoms with E-state index in [1.54, 1.807) is 6.07 Å². The zero-order valence-corrected chi connectivity index (χ0v) is 12.4. The van der Waals surface area contributed by atoms with Gasteiger partial charge in [0.05, 0.1) is 24.5 Å². The first-order valence-corrected chi connectivity index (χ1v) is 8.62. The highest BCUT2D eigenvalue weighted by Gasteiger charge is 2.27. The number of rotatable bonds is 6. The summed E-state index contributed by atoms with van der Waals surface area (Å²) in [6.07, 6.45) is 0.748. The zero-order valence-electron chi connectivity index (χ0n) is 11.5. The molecule has 0 saturated carbocycles. The highest BCUT2D eigenvalue weighted by atomic mass is 32.2. The molecule has 1 heterocycles. The molecule has 0 radical (unpaired) electrons. The number of hydrogen-bond acceptors (Lipinski definition) is 4. The molecule has 1 aliphatic heterocycles. The van der Waals surface area contributed by atoms with Gasteiger partial charge in [-0.3, -0.25) is 4.79 Å². The molecule has 1 aromatic carbocycles. The monoisotopic (exact) mass is 315 g/mol. The van der Waals surface area contributed by atoms with Crippen LogP contribution in [0.1, 0.15) is 12.8 Å². The second-order valence-corrected chi connectivity index (χ2v) is 7.36. The van der Waals surface area contributed by atoms with Crippen LogP contribution in [0.3, 0.4) is 0 Å². The maximum absolute atomic E-state index is 12.9. The Kier molecular flexibility index (Phi) is 5.17. The van der Waals surface area contributed by atoms with Gasteiger partial charge in [-0.25, -0.2) is 12.8 Å². The van der Waals surface area contributed by atoms with Gasteiger partial charge in [-0.2, -0.15) is 0 Å². The summed E-state index contributed by atoms with van der Waals surface area (Å²) in [7, 11) is -2.91. The Morgan fingerprint density at radius 1 is 1.43 bits per heavy atom. The van der Waals surface area contributed by atoms with E-state index in [-0.39, 0.29) is 42.2 Å². The molecule has 7 heteroatoms. The maximum atomic E-state index is 12.9. The molecule has 0 unspecified atom stereocenters. The predicted octanol–water partition coefficient (Wildman–Crippen LogP) is 1.15. The van der Waals surface area contributed by atoms with Crippen LogP contribution in [0, 0.1) is 11.7 Å². The SMILES string of the molecule is O=C(CCOc1cccc(F)c1)NC[C@H]1CCS(=O)(=O)C1. The molecule has 0 aliphatic carbocycles. The van der Waals surface area contributed by atoms with E-state index in [4.69, 9.17) is 4.74 Å². The number of halogens is 1. The van der Waals surface area contributed by atoms with E-state index in [0.717, 1.165) is 0 Å². The van der Waals surface area contributed by atoms with Crippen LogP contribution < -0.4 is 10.1 Å². The van der Waals surface area contributed by atoms with Crippen LogP contribution in [0.4, 0.5) is 4.39 Å². The normalized spacial score (nSPS) is 20.1. The van der Waals surface area contributed by atoms with E-state index in [1.807, 2.05) is 0 Å². The molecular weight excluding hydrogens is 297 g/mol. The largest absolute Gasteiger partial charge is 0.493 e. The Bertz CT molecular complexity index is 603. The van der Waals surface area contributed by atoms with Gasteiger partial charge in [-0.1, -0.05) is 6.07 Å². The Morgan fingerprint density at radius 2 is 2.24 bits per heavy atom. The fourth-order valence-electron chi connectivity index (χ4n) is 2.20. The first kappa shape index (κ1) is 15.8. The molecule has 21 heavy (non-hydrogen) atoms. The molecule has 1 aliphatic rings. The smallest absolute Gasteiger partial charge is 0.223 e. The van der Waals surface area contributed by atoms with Crippen molar-refractivity contribution in [3.05, 3.63) is 30.1 Å². The van der Waals surface area contributed by atoms with Crippen molar-refractivity contribution < 1.29 is 22.3 Å². The van der Waals surface area contributed by atoms with Gasteiger partial charge in [0, 0.05) is 12.6 Å². The van der Waals surface area contributed by atoms with Crippen molar-refractivity contribution >= 4 is 15.7 Å². The summed E-state index contributed by atoms with van der Waals surface area (Å²) in [6.45, 7) is 0.524. The minimum absolute atomic E-state index is 0.00286. The Morgan fingerprint density at radius 3 is 2.90 bits per heavy atom. The number of carbonyl (C=O) groups excluding carboxylic acids is 1. The van der Waals surface area contributed by atoms with Crippen LogP contribution in [-0.4, -0.2) is 39.0 Å². The number of amides is 1. The van der Waals surface area contributed by atoms with Crippen molar-refractivity contribution in [3.8, 4) is 5.75 Å². The number of nitrogens with one attached hydrogen (secondary N) is 1. The second-order valence-electron chi connectivity index (χ2n) is 5.13. The lowest BCUT2D eigenvalue weighted by Gasteiger charge is -2.10. The lowest BCUT2D eigenvalue weighted by molar-refractivity contribution is -0.121. The summed E-state index contributed by atoms with van der Waals surface area (Å²) in [4.78, 5) is 11.6. The lowest BCUT2D eigenvalue weighted by atomic mass is 10.1. The van der Waals surface area contributed by atoms with E-state index >= 15 is 0 Å². The molecule has 0 spiro atoms. The van der Waals surface area contributed by atoms with Crippen LogP contribution in [0.2, 0.25) is 0 Å². The number of benzene rings is 1. The summed E-state index contributed by atoms with van der Waals surface area (Å²) in [5.74, 6) is 0.145. The summed E-state index contributed by atoms with van der Waals surface area (Å²) >= 11 is 0. The second kappa shape index (κ2) is 6.89. The predicted molar refractivity (Wildman–Crippen MR) is 76.3 cm³/mol. The molecule has 0 aromatic heterocycles. The fraction of sp³-hybridized carbons (Fsp3) is 0.500. The van der Waals surface area contributed by atoms with E-state index in [0.29, 0.717) is 18.7 Å². The van der Waals surface area contributed by atoms with Crippen molar-refractivity contribution in [2.24, 2.45) is 5.92 Å². The zero-order chi connectivity index (χ0) is 15.3.